The van der Waals surface area contributed by atoms with Crippen LogP contribution in [0.5, 0.6) is 0 Å². The molecule has 0 radical (unpaired) electrons. The summed E-state index contributed by atoms with van der Waals surface area (Å²) in [5.41, 5.74) is 1.50. The molecule has 30 heavy (non-hydrogen) atoms. The minimum atomic E-state index is -1.20. The minimum Gasteiger partial charge on any atom is -0.480 e. The van der Waals surface area contributed by atoms with E-state index in [1.165, 1.54) is 0 Å². The summed E-state index contributed by atoms with van der Waals surface area (Å²) in [6, 6.07) is 14.5. The van der Waals surface area contributed by atoms with Gasteiger partial charge in [-0.1, -0.05) is 54.1 Å². The molecule has 0 aromatic heterocycles. The number of hydrogen-bond acceptors (Lipinski definition) is 5. The highest BCUT2D eigenvalue weighted by molar-refractivity contribution is 6.30. The SMILES string of the molecule is O=C(C[C@H](O)CNC(=O)OCc1ccccc1)N[C@H](Cc1ccc(Cl)cc1)C(=O)O. The predicted molar refractivity (Wildman–Crippen MR) is 110 cm³/mol. The Hall–Kier alpha value is -3.10. The molecule has 8 nitrogen and oxygen atoms in total. The van der Waals surface area contributed by atoms with Crippen LogP contribution < -0.4 is 10.6 Å². The van der Waals surface area contributed by atoms with Crippen LogP contribution in [0, 0.1) is 0 Å². The van der Waals surface area contributed by atoms with E-state index in [0.29, 0.717) is 10.6 Å². The molecule has 0 fully saturated rings. The first-order chi connectivity index (χ1) is 14.3. The highest BCUT2D eigenvalue weighted by Gasteiger charge is 2.22. The Morgan fingerprint density at radius 1 is 1.00 bits per heavy atom. The molecule has 0 aliphatic rings. The lowest BCUT2D eigenvalue weighted by molar-refractivity contribution is -0.142. The highest BCUT2D eigenvalue weighted by Crippen LogP contribution is 2.11. The van der Waals surface area contributed by atoms with Gasteiger partial charge in [-0.3, -0.25) is 4.79 Å². The summed E-state index contributed by atoms with van der Waals surface area (Å²) in [4.78, 5) is 35.2. The lowest BCUT2D eigenvalue weighted by atomic mass is 10.1. The molecule has 0 bridgehead atoms. The maximum Gasteiger partial charge on any atom is 0.407 e. The van der Waals surface area contributed by atoms with Crippen molar-refractivity contribution in [2.75, 3.05) is 6.54 Å². The molecule has 0 unspecified atom stereocenters. The van der Waals surface area contributed by atoms with E-state index in [2.05, 4.69) is 10.6 Å². The van der Waals surface area contributed by atoms with Crippen LogP contribution >= 0.6 is 11.6 Å². The summed E-state index contributed by atoms with van der Waals surface area (Å²) in [5.74, 6) is -1.85. The zero-order valence-corrected chi connectivity index (χ0v) is 16.8. The number of rotatable bonds is 10. The zero-order chi connectivity index (χ0) is 21.9. The summed E-state index contributed by atoms with van der Waals surface area (Å²) in [7, 11) is 0. The first kappa shape index (κ1) is 23.2. The van der Waals surface area contributed by atoms with Crippen LogP contribution in [0.1, 0.15) is 17.5 Å². The Morgan fingerprint density at radius 3 is 2.30 bits per heavy atom. The summed E-state index contributed by atoms with van der Waals surface area (Å²) in [6.07, 6.45) is -2.23. The van der Waals surface area contributed by atoms with E-state index >= 15 is 0 Å². The Morgan fingerprint density at radius 2 is 1.67 bits per heavy atom. The molecule has 2 atom stereocenters. The van der Waals surface area contributed by atoms with Crippen molar-refractivity contribution in [1.82, 2.24) is 10.6 Å². The van der Waals surface area contributed by atoms with E-state index in [1.54, 1.807) is 36.4 Å². The number of ether oxygens (including phenoxy) is 1. The average molecular weight is 435 g/mol. The van der Waals surface area contributed by atoms with Gasteiger partial charge in [-0.05, 0) is 23.3 Å². The van der Waals surface area contributed by atoms with Crippen molar-refractivity contribution < 1.29 is 29.3 Å². The molecule has 0 heterocycles. The van der Waals surface area contributed by atoms with Crippen molar-refractivity contribution in [3.63, 3.8) is 0 Å². The second-order valence-corrected chi connectivity index (χ2v) is 7.03. The molecular formula is C21H23ClN2O6. The number of hydrogen-bond donors (Lipinski definition) is 4. The number of aliphatic hydroxyl groups is 1. The third-order valence-corrected chi connectivity index (χ3v) is 4.35. The maximum absolute atomic E-state index is 12.1. The molecule has 2 amide bonds. The smallest absolute Gasteiger partial charge is 0.407 e. The Labute approximate surface area is 178 Å². The third kappa shape index (κ3) is 8.50. The van der Waals surface area contributed by atoms with Gasteiger partial charge in [0.25, 0.3) is 0 Å². The second kappa shape index (κ2) is 11.8. The van der Waals surface area contributed by atoms with Crippen molar-refractivity contribution >= 4 is 29.6 Å². The average Bonchev–Trinajstić information content (AvgIpc) is 2.72. The summed E-state index contributed by atoms with van der Waals surface area (Å²) in [5, 5.41) is 24.5. The molecule has 9 heteroatoms. The molecule has 0 saturated carbocycles. The number of aliphatic carboxylic acids is 1. The minimum absolute atomic E-state index is 0.0679. The first-order valence-electron chi connectivity index (χ1n) is 9.22. The quantitative estimate of drug-likeness (QED) is 0.454. The molecule has 160 valence electrons. The van der Waals surface area contributed by atoms with Crippen molar-refractivity contribution in [3.05, 3.63) is 70.7 Å². The van der Waals surface area contributed by atoms with Crippen LogP contribution in [0.25, 0.3) is 0 Å². The molecule has 2 aromatic rings. The Bertz CT molecular complexity index is 844. The highest BCUT2D eigenvalue weighted by atomic mass is 35.5. The standard InChI is InChI=1S/C21H23ClN2O6/c22-16-8-6-14(7-9-16)10-18(20(27)28)24-19(26)11-17(25)12-23-21(29)30-13-15-4-2-1-3-5-15/h1-9,17-18,25H,10-13H2,(H,23,29)(H,24,26)(H,27,28)/t17-,18+/m0/s1. The molecule has 0 saturated heterocycles. The van der Waals surface area contributed by atoms with Gasteiger partial charge in [0.2, 0.25) is 5.91 Å². The number of aliphatic hydroxyl groups excluding tert-OH is 1. The molecule has 0 spiro atoms. The van der Waals surface area contributed by atoms with Crippen LogP contribution in [0.4, 0.5) is 4.79 Å². The number of alkyl carbamates (subject to hydrolysis) is 1. The van der Waals surface area contributed by atoms with E-state index < -0.39 is 30.1 Å². The molecule has 2 aromatic carbocycles. The Kier molecular flexibility index (Phi) is 9.11. The van der Waals surface area contributed by atoms with Gasteiger partial charge >= 0.3 is 12.1 Å². The molecule has 0 aliphatic carbocycles. The number of carbonyl (C=O) groups is 3. The number of amides is 2. The number of benzene rings is 2. The van der Waals surface area contributed by atoms with Crippen LogP contribution in [0.2, 0.25) is 5.02 Å². The van der Waals surface area contributed by atoms with Gasteiger partial charge < -0.3 is 25.6 Å². The number of carboxylic acid groups (broad SMARTS) is 1. The summed E-state index contributed by atoms with van der Waals surface area (Å²) >= 11 is 5.80. The van der Waals surface area contributed by atoms with Crippen LogP contribution in [-0.4, -0.2) is 46.9 Å². The lowest BCUT2D eigenvalue weighted by Crippen LogP contribution is -2.44. The van der Waals surface area contributed by atoms with Crippen LogP contribution in [-0.2, 0) is 27.4 Å². The molecular weight excluding hydrogens is 412 g/mol. The van der Waals surface area contributed by atoms with Gasteiger partial charge in [-0.15, -0.1) is 0 Å². The van der Waals surface area contributed by atoms with Gasteiger partial charge in [-0.25, -0.2) is 9.59 Å². The van der Waals surface area contributed by atoms with Crippen molar-refractivity contribution in [2.24, 2.45) is 0 Å². The van der Waals surface area contributed by atoms with Crippen LogP contribution in [0.3, 0.4) is 0 Å². The topological polar surface area (TPSA) is 125 Å². The molecule has 4 N–H and O–H groups in total. The summed E-state index contributed by atoms with van der Waals surface area (Å²) < 4.78 is 5.01. The summed E-state index contributed by atoms with van der Waals surface area (Å²) in [6.45, 7) is -0.135. The predicted octanol–water partition coefficient (Wildman–Crippen LogP) is 2.13. The van der Waals surface area contributed by atoms with E-state index in [9.17, 15) is 24.6 Å². The number of carboxylic acids is 1. The number of nitrogens with one attached hydrogen (secondary N) is 2. The normalized spacial score (nSPS) is 12.5. The van der Waals surface area contributed by atoms with E-state index in [0.717, 1.165) is 5.56 Å². The fraction of sp³-hybridized carbons (Fsp3) is 0.286. The van der Waals surface area contributed by atoms with Crippen molar-refractivity contribution in [2.45, 2.75) is 31.6 Å². The Balaban J connectivity index is 1.73. The third-order valence-electron chi connectivity index (χ3n) is 4.10. The maximum atomic E-state index is 12.1. The molecule has 2 rings (SSSR count). The van der Waals surface area contributed by atoms with E-state index in [4.69, 9.17) is 16.3 Å². The van der Waals surface area contributed by atoms with Crippen molar-refractivity contribution in [1.29, 1.82) is 0 Å². The largest absolute Gasteiger partial charge is 0.480 e. The number of carbonyl (C=O) groups excluding carboxylic acids is 2. The fourth-order valence-electron chi connectivity index (χ4n) is 2.57. The lowest BCUT2D eigenvalue weighted by Gasteiger charge is -2.17. The van der Waals surface area contributed by atoms with Gasteiger partial charge in [0, 0.05) is 18.0 Å². The van der Waals surface area contributed by atoms with Gasteiger partial charge in [0.1, 0.15) is 12.6 Å². The van der Waals surface area contributed by atoms with Gasteiger partial charge in [-0.2, -0.15) is 0 Å². The fourth-order valence-corrected chi connectivity index (χ4v) is 2.70. The van der Waals surface area contributed by atoms with Crippen molar-refractivity contribution in [3.8, 4) is 0 Å². The zero-order valence-electron chi connectivity index (χ0n) is 16.1. The monoisotopic (exact) mass is 434 g/mol. The molecule has 0 aliphatic heterocycles. The van der Waals surface area contributed by atoms with Crippen LogP contribution in [0.15, 0.2) is 54.6 Å². The van der Waals surface area contributed by atoms with Gasteiger partial charge in [0.05, 0.1) is 12.5 Å². The van der Waals surface area contributed by atoms with Gasteiger partial charge in [0.15, 0.2) is 0 Å². The van der Waals surface area contributed by atoms with E-state index in [-0.39, 0.29) is 26.0 Å². The number of halogens is 1. The van der Waals surface area contributed by atoms with E-state index in [1.807, 2.05) is 18.2 Å². The second-order valence-electron chi connectivity index (χ2n) is 6.59. The first-order valence-corrected chi connectivity index (χ1v) is 9.60.